The molecule has 1 heterocycles. The van der Waals surface area contributed by atoms with E-state index in [0.29, 0.717) is 33.9 Å². The number of oxazole rings is 1. The van der Waals surface area contributed by atoms with Gasteiger partial charge in [-0.1, -0.05) is 12.1 Å². The molecule has 2 aromatic carbocycles. The van der Waals surface area contributed by atoms with Crippen LogP contribution >= 0.6 is 0 Å². The number of aromatic nitrogens is 1. The normalized spacial score (nSPS) is 10.3. The maximum Gasteiger partial charge on any atom is 0.337 e. The SMILES string of the molecule is COC(=O)c1ccc2nc(COc3ccccc3C#N)oc2c1. The van der Waals surface area contributed by atoms with Crippen molar-refractivity contribution in [3.63, 3.8) is 0 Å². The highest BCUT2D eigenvalue weighted by Gasteiger charge is 2.12. The van der Waals surface area contributed by atoms with Crippen molar-refractivity contribution < 1.29 is 18.7 Å². The van der Waals surface area contributed by atoms with E-state index in [2.05, 4.69) is 15.8 Å². The van der Waals surface area contributed by atoms with E-state index in [1.54, 1.807) is 42.5 Å². The first-order valence-electron chi connectivity index (χ1n) is 6.81. The summed E-state index contributed by atoms with van der Waals surface area (Å²) in [5.41, 5.74) is 1.92. The van der Waals surface area contributed by atoms with Gasteiger partial charge in [-0.05, 0) is 30.3 Å². The molecule has 0 bridgehead atoms. The summed E-state index contributed by atoms with van der Waals surface area (Å²) in [6, 6.07) is 13.8. The Morgan fingerprint density at radius 1 is 1.30 bits per heavy atom. The van der Waals surface area contributed by atoms with E-state index in [1.165, 1.54) is 7.11 Å². The summed E-state index contributed by atoms with van der Waals surface area (Å²) >= 11 is 0. The van der Waals surface area contributed by atoms with Crippen molar-refractivity contribution in [1.82, 2.24) is 4.98 Å². The van der Waals surface area contributed by atoms with Gasteiger partial charge in [-0.15, -0.1) is 0 Å². The molecule has 0 amide bonds. The van der Waals surface area contributed by atoms with Crippen molar-refractivity contribution in [2.24, 2.45) is 0 Å². The molecular formula is C17H12N2O4. The number of esters is 1. The van der Waals surface area contributed by atoms with E-state index in [-0.39, 0.29) is 6.61 Å². The summed E-state index contributed by atoms with van der Waals surface area (Å²) in [6.07, 6.45) is 0. The molecule has 6 nitrogen and oxygen atoms in total. The largest absolute Gasteiger partial charge is 0.482 e. The number of ether oxygens (including phenoxy) is 2. The van der Waals surface area contributed by atoms with Gasteiger partial charge in [0.15, 0.2) is 12.2 Å². The number of fused-ring (bicyclic) bond motifs is 1. The van der Waals surface area contributed by atoms with Gasteiger partial charge in [-0.3, -0.25) is 0 Å². The van der Waals surface area contributed by atoms with E-state index >= 15 is 0 Å². The molecule has 3 aromatic rings. The van der Waals surface area contributed by atoms with E-state index in [0.717, 1.165) is 0 Å². The molecule has 0 aliphatic heterocycles. The van der Waals surface area contributed by atoms with Gasteiger partial charge in [0.2, 0.25) is 5.89 Å². The molecule has 0 saturated heterocycles. The van der Waals surface area contributed by atoms with Gasteiger partial charge >= 0.3 is 5.97 Å². The van der Waals surface area contributed by atoms with Crippen LogP contribution in [-0.2, 0) is 11.3 Å². The predicted molar refractivity (Wildman–Crippen MR) is 80.8 cm³/mol. The van der Waals surface area contributed by atoms with Crippen LogP contribution < -0.4 is 4.74 Å². The number of nitrogens with zero attached hydrogens (tertiary/aromatic N) is 2. The minimum Gasteiger partial charge on any atom is -0.482 e. The lowest BCUT2D eigenvalue weighted by atomic mass is 10.2. The molecule has 0 N–H and O–H groups in total. The Labute approximate surface area is 131 Å². The number of methoxy groups -OCH3 is 1. The maximum absolute atomic E-state index is 11.5. The first-order chi connectivity index (χ1) is 11.2. The smallest absolute Gasteiger partial charge is 0.337 e. The van der Waals surface area contributed by atoms with Crippen LogP contribution in [0.4, 0.5) is 0 Å². The molecule has 0 radical (unpaired) electrons. The zero-order valence-electron chi connectivity index (χ0n) is 12.3. The van der Waals surface area contributed by atoms with E-state index in [4.69, 9.17) is 14.4 Å². The standard InChI is InChI=1S/C17H12N2O4/c1-21-17(20)11-6-7-13-15(8-11)23-16(19-13)10-22-14-5-3-2-4-12(14)9-18/h2-8H,10H2,1H3. The van der Waals surface area contributed by atoms with Crippen molar-refractivity contribution in [2.45, 2.75) is 6.61 Å². The molecule has 0 saturated carbocycles. The molecule has 3 rings (SSSR count). The topological polar surface area (TPSA) is 85.4 Å². The molecule has 1 aromatic heterocycles. The third-order valence-corrected chi connectivity index (χ3v) is 3.21. The molecule has 0 spiro atoms. The lowest BCUT2D eigenvalue weighted by Gasteiger charge is -2.04. The first-order valence-corrected chi connectivity index (χ1v) is 6.81. The number of hydrogen-bond donors (Lipinski definition) is 0. The van der Waals surface area contributed by atoms with Gasteiger partial charge in [0.1, 0.15) is 17.3 Å². The lowest BCUT2D eigenvalue weighted by Crippen LogP contribution is -2.00. The zero-order chi connectivity index (χ0) is 16.2. The number of carbonyl (C=O) groups excluding carboxylic acids is 1. The number of nitriles is 1. The summed E-state index contributed by atoms with van der Waals surface area (Å²) in [7, 11) is 1.32. The molecule has 0 atom stereocenters. The molecule has 0 aliphatic carbocycles. The highest BCUT2D eigenvalue weighted by atomic mass is 16.5. The first kappa shape index (κ1) is 14.6. The van der Waals surface area contributed by atoms with Crippen LogP contribution in [0.2, 0.25) is 0 Å². The van der Waals surface area contributed by atoms with Crippen LogP contribution in [0.3, 0.4) is 0 Å². The number of rotatable bonds is 4. The van der Waals surface area contributed by atoms with Crippen molar-refractivity contribution in [3.8, 4) is 11.8 Å². The summed E-state index contributed by atoms with van der Waals surface area (Å²) in [6.45, 7) is 0.0843. The van der Waals surface area contributed by atoms with Crippen molar-refractivity contribution in [2.75, 3.05) is 7.11 Å². The summed E-state index contributed by atoms with van der Waals surface area (Å²) in [5, 5.41) is 9.02. The lowest BCUT2D eigenvalue weighted by molar-refractivity contribution is 0.0601. The zero-order valence-corrected chi connectivity index (χ0v) is 12.3. The number of benzene rings is 2. The fraction of sp³-hybridized carbons (Fsp3) is 0.118. The molecule has 0 unspecified atom stereocenters. The van der Waals surface area contributed by atoms with Crippen LogP contribution in [-0.4, -0.2) is 18.1 Å². The quantitative estimate of drug-likeness (QED) is 0.689. The molecule has 6 heteroatoms. The van der Waals surface area contributed by atoms with Crippen LogP contribution in [0.25, 0.3) is 11.1 Å². The Hall–Kier alpha value is -3.33. The Balaban J connectivity index is 1.81. The van der Waals surface area contributed by atoms with Gasteiger partial charge < -0.3 is 13.9 Å². The monoisotopic (exact) mass is 308 g/mol. The highest BCUT2D eigenvalue weighted by Crippen LogP contribution is 2.21. The van der Waals surface area contributed by atoms with Gasteiger partial charge in [0.25, 0.3) is 0 Å². The van der Waals surface area contributed by atoms with Gasteiger partial charge in [0, 0.05) is 0 Å². The van der Waals surface area contributed by atoms with Gasteiger partial charge in [-0.2, -0.15) is 5.26 Å². The second-order valence-corrected chi connectivity index (χ2v) is 4.68. The Bertz CT molecular complexity index is 908. The Morgan fingerprint density at radius 2 is 2.13 bits per heavy atom. The van der Waals surface area contributed by atoms with Crippen LogP contribution in [0.5, 0.6) is 5.75 Å². The summed E-state index contributed by atoms with van der Waals surface area (Å²) < 4.78 is 15.8. The minimum absolute atomic E-state index is 0.0843. The molecule has 0 aliphatic rings. The molecule has 0 fully saturated rings. The fourth-order valence-electron chi connectivity index (χ4n) is 2.10. The highest BCUT2D eigenvalue weighted by molar-refractivity contribution is 5.93. The second kappa shape index (κ2) is 6.20. The van der Waals surface area contributed by atoms with Gasteiger partial charge in [-0.25, -0.2) is 9.78 Å². The number of carbonyl (C=O) groups is 1. The van der Waals surface area contributed by atoms with Crippen LogP contribution in [0.1, 0.15) is 21.8 Å². The van der Waals surface area contributed by atoms with Gasteiger partial charge in [0.05, 0.1) is 18.2 Å². The van der Waals surface area contributed by atoms with E-state index < -0.39 is 5.97 Å². The number of hydrogen-bond acceptors (Lipinski definition) is 6. The molecular weight excluding hydrogens is 296 g/mol. The second-order valence-electron chi connectivity index (χ2n) is 4.68. The van der Waals surface area contributed by atoms with E-state index in [9.17, 15) is 4.79 Å². The third kappa shape index (κ3) is 2.99. The summed E-state index contributed by atoms with van der Waals surface area (Å²) in [4.78, 5) is 15.8. The fourth-order valence-corrected chi connectivity index (χ4v) is 2.10. The van der Waals surface area contributed by atoms with Crippen LogP contribution in [0.15, 0.2) is 46.9 Å². The molecule has 23 heavy (non-hydrogen) atoms. The average Bonchev–Trinajstić information content (AvgIpc) is 3.01. The van der Waals surface area contributed by atoms with E-state index in [1.807, 2.05) is 0 Å². The van der Waals surface area contributed by atoms with Crippen molar-refractivity contribution in [1.29, 1.82) is 5.26 Å². The maximum atomic E-state index is 11.5. The third-order valence-electron chi connectivity index (χ3n) is 3.21. The molecule has 114 valence electrons. The van der Waals surface area contributed by atoms with Crippen molar-refractivity contribution in [3.05, 3.63) is 59.5 Å². The number of para-hydroxylation sites is 1. The predicted octanol–water partition coefficient (Wildman–Crippen LogP) is 3.07. The van der Waals surface area contributed by atoms with Crippen molar-refractivity contribution >= 4 is 17.1 Å². The Morgan fingerprint density at radius 3 is 2.91 bits per heavy atom. The average molecular weight is 308 g/mol. The Kier molecular flexibility index (Phi) is 3.93. The summed E-state index contributed by atoms with van der Waals surface area (Å²) in [5.74, 6) is 0.381. The van der Waals surface area contributed by atoms with Crippen LogP contribution in [0, 0.1) is 11.3 Å². The minimum atomic E-state index is -0.441.